The van der Waals surface area contributed by atoms with Crippen LogP contribution in [0.25, 0.3) is 11.0 Å². The maximum atomic E-state index is 12.2. The van der Waals surface area contributed by atoms with Crippen LogP contribution < -0.4 is 15.1 Å². The van der Waals surface area contributed by atoms with Crippen molar-refractivity contribution in [1.29, 1.82) is 0 Å². The van der Waals surface area contributed by atoms with Crippen molar-refractivity contribution in [3.63, 3.8) is 0 Å². The number of carbonyl (C=O) groups is 1. The van der Waals surface area contributed by atoms with Crippen molar-refractivity contribution >= 4 is 16.9 Å². The van der Waals surface area contributed by atoms with Gasteiger partial charge < -0.3 is 24.1 Å². The number of unbranched alkanes of at least 4 members (excludes halogenated alkanes) is 6. The lowest BCUT2D eigenvalue weighted by atomic mass is 10.1. The molecule has 0 saturated carbocycles. The van der Waals surface area contributed by atoms with Gasteiger partial charge in [-0.05, 0) is 31.1 Å². The molecule has 1 aromatic heterocycles. The highest BCUT2D eigenvalue weighted by atomic mass is 16.5. The molecule has 0 radical (unpaired) electrons. The number of rotatable bonds is 12. The SMILES string of the molecule is CCCCCCCCC=COc1c(O)c2cccc(OCC(=O)O)c2oc1=O. The van der Waals surface area contributed by atoms with Gasteiger partial charge in [0.2, 0.25) is 0 Å². The van der Waals surface area contributed by atoms with E-state index in [1.54, 1.807) is 12.1 Å². The maximum absolute atomic E-state index is 12.2. The zero-order valence-electron chi connectivity index (χ0n) is 16.0. The summed E-state index contributed by atoms with van der Waals surface area (Å²) in [5.41, 5.74) is -0.907. The Morgan fingerprint density at radius 2 is 1.93 bits per heavy atom. The second-order valence-electron chi connectivity index (χ2n) is 6.43. The smallest absolute Gasteiger partial charge is 0.383 e. The third-order valence-electron chi connectivity index (χ3n) is 4.19. The minimum absolute atomic E-state index is 0.0327. The predicted octanol–water partition coefficient (Wildman–Crippen LogP) is 4.61. The van der Waals surface area contributed by atoms with Crippen LogP contribution in [0.1, 0.15) is 51.9 Å². The number of para-hydroxylation sites is 1. The molecule has 1 heterocycles. The number of aliphatic carboxylic acids is 1. The topological polar surface area (TPSA) is 106 Å². The van der Waals surface area contributed by atoms with Crippen LogP contribution in [0.3, 0.4) is 0 Å². The molecule has 0 unspecified atom stereocenters. The molecule has 0 fully saturated rings. The van der Waals surface area contributed by atoms with Crippen LogP contribution in [0, 0.1) is 0 Å². The Kier molecular flexibility index (Phi) is 8.39. The van der Waals surface area contributed by atoms with E-state index in [-0.39, 0.29) is 28.2 Å². The van der Waals surface area contributed by atoms with Crippen molar-refractivity contribution in [1.82, 2.24) is 0 Å². The maximum Gasteiger partial charge on any atom is 0.383 e. The molecule has 152 valence electrons. The normalized spacial score (nSPS) is 11.2. The largest absolute Gasteiger partial charge is 0.504 e. The summed E-state index contributed by atoms with van der Waals surface area (Å²) in [7, 11) is 0. The highest BCUT2D eigenvalue weighted by Gasteiger charge is 2.18. The zero-order chi connectivity index (χ0) is 20.4. The first-order chi connectivity index (χ1) is 13.5. The van der Waals surface area contributed by atoms with Crippen LogP contribution in [0.4, 0.5) is 0 Å². The fourth-order valence-electron chi connectivity index (χ4n) is 2.75. The first-order valence-corrected chi connectivity index (χ1v) is 9.49. The monoisotopic (exact) mass is 390 g/mol. The molecule has 0 saturated heterocycles. The van der Waals surface area contributed by atoms with Crippen molar-refractivity contribution in [3.05, 3.63) is 41.0 Å². The number of carboxylic acids is 1. The summed E-state index contributed by atoms with van der Waals surface area (Å²) < 4.78 is 15.6. The summed E-state index contributed by atoms with van der Waals surface area (Å²) in [6, 6.07) is 4.53. The lowest BCUT2D eigenvalue weighted by Gasteiger charge is -2.09. The third-order valence-corrected chi connectivity index (χ3v) is 4.19. The number of fused-ring (bicyclic) bond motifs is 1. The summed E-state index contributed by atoms with van der Waals surface area (Å²) in [4.78, 5) is 22.8. The van der Waals surface area contributed by atoms with Crippen LogP contribution in [0.2, 0.25) is 0 Å². The van der Waals surface area contributed by atoms with Crippen molar-refractivity contribution in [2.45, 2.75) is 51.9 Å². The number of ether oxygens (including phenoxy) is 2. The van der Waals surface area contributed by atoms with Crippen molar-refractivity contribution in [2.24, 2.45) is 0 Å². The zero-order valence-corrected chi connectivity index (χ0v) is 16.0. The Balaban J connectivity index is 2.02. The quantitative estimate of drug-likeness (QED) is 0.310. The minimum atomic E-state index is -1.17. The lowest BCUT2D eigenvalue weighted by Crippen LogP contribution is -2.10. The van der Waals surface area contributed by atoms with E-state index in [0.29, 0.717) is 0 Å². The number of aromatic hydroxyl groups is 1. The van der Waals surface area contributed by atoms with Gasteiger partial charge in [-0.1, -0.05) is 45.1 Å². The van der Waals surface area contributed by atoms with Crippen molar-refractivity contribution in [2.75, 3.05) is 6.61 Å². The van der Waals surface area contributed by atoms with Gasteiger partial charge in [0.05, 0.1) is 11.6 Å². The Morgan fingerprint density at radius 3 is 2.68 bits per heavy atom. The molecule has 2 rings (SSSR count). The molecule has 0 aliphatic heterocycles. The van der Waals surface area contributed by atoms with E-state index in [1.807, 2.05) is 0 Å². The lowest BCUT2D eigenvalue weighted by molar-refractivity contribution is -0.139. The Morgan fingerprint density at radius 1 is 1.18 bits per heavy atom. The second kappa shape index (κ2) is 11.0. The van der Waals surface area contributed by atoms with Crippen LogP contribution in [-0.4, -0.2) is 22.8 Å². The molecule has 28 heavy (non-hydrogen) atoms. The summed E-state index contributed by atoms with van der Waals surface area (Å²) >= 11 is 0. The summed E-state index contributed by atoms with van der Waals surface area (Å²) in [5, 5.41) is 19.3. The molecule has 1 aromatic carbocycles. The van der Waals surface area contributed by atoms with Gasteiger partial charge >= 0.3 is 11.6 Å². The first-order valence-electron chi connectivity index (χ1n) is 9.49. The summed E-state index contributed by atoms with van der Waals surface area (Å²) in [6.07, 6.45) is 11.1. The molecule has 7 heteroatoms. The van der Waals surface area contributed by atoms with Crippen molar-refractivity contribution < 1.29 is 28.9 Å². The van der Waals surface area contributed by atoms with E-state index in [9.17, 15) is 14.7 Å². The Labute approximate surface area is 163 Å². The number of hydrogen-bond acceptors (Lipinski definition) is 6. The number of allylic oxidation sites excluding steroid dienone is 1. The van der Waals surface area contributed by atoms with E-state index in [4.69, 9.17) is 19.0 Å². The molecule has 7 nitrogen and oxygen atoms in total. The van der Waals surface area contributed by atoms with Crippen LogP contribution >= 0.6 is 0 Å². The molecule has 2 N–H and O–H groups in total. The van der Waals surface area contributed by atoms with Gasteiger partial charge in [-0.2, -0.15) is 0 Å². The van der Waals surface area contributed by atoms with Crippen LogP contribution in [0.15, 0.2) is 39.7 Å². The molecule has 0 atom stereocenters. The highest BCUT2D eigenvalue weighted by molar-refractivity contribution is 5.89. The Hall–Kier alpha value is -2.96. The molecule has 0 amide bonds. The average molecular weight is 390 g/mol. The molecule has 0 aliphatic rings. The van der Waals surface area contributed by atoms with E-state index in [1.165, 1.54) is 44.1 Å². The fourth-order valence-corrected chi connectivity index (χ4v) is 2.75. The average Bonchev–Trinajstić information content (AvgIpc) is 2.67. The molecule has 0 spiro atoms. The number of carboxylic acid groups (broad SMARTS) is 1. The minimum Gasteiger partial charge on any atom is -0.504 e. The Bertz CT molecular complexity index is 867. The van der Waals surface area contributed by atoms with Crippen LogP contribution in [-0.2, 0) is 4.79 Å². The molecular weight excluding hydrogens is 364 g/mol. The third kappa shape index (κ3) is 6.04. The fraction of sp³-hybridized carbons (Fsp3) is 0.429. The highest BCUT2D eigenvalue weighted by Crippen LogP contribution is 2.35. The summed E-state index contributed by atoms with van der Waals surface area (Å²) in [5.74, 6) is -1.81. The first kappa shape index (κ1) is 21.3. The molecule has 0 bridgehead atoms. The molecular formula is C21H26O7. The van der Waals surface area contributed by atoms with Gasteiger partial charge in [0.1, 0.15) is 0 Å². The standard InChI is InChI=1S/C21H26O7/c1-2-3-4-5-6-7-8-9-13-26-20-18(24)15-11-10-12-16(27-14-17(22)23)19(15)28-21(20)25/h9-13,24H,2-8,14H2,1H3,(H,22,23). The van der Waals surface area contributed by atoms with Gasteiger partial charge in [-0.25, -0.2) is 9.59 Å². The van der Waals surface area contributed by atoms with Gasteiger partial charge in [-0.15, -0.1) is 0 Å². The van der Waals surface area contributed by atoms with E-state index in [0.717, 1.165) is 19.3 Å². The number of benzene rings is 1. The van der Waals surface area contributed by atoms with E-state index < -0.39 is 18.2 Å². The van der Waals surface area contributed by atoms with Gasteiger partial charge in [-0.3, -0.25) is 0 Å². The number of hydrogen-bond donors (Lipinski definition) is 2. The van der Waals surface area contributed by atoms with Gasteiger partial charge in [0, 0.05) is 0 Å². The van der Waals surface area contributed by atoms with E-state index in [2.05, 4.69) is 6.92 Å². The van der Waals surface area contributed by atoms with E-state index >= 15 is 0 Å². The van der Waals surface area contributed by atoms with Crippen LogP contribution in [0.5, 0.6) is 17.2 Å². The van der Waals surface area contributed by atoms with Gasteiger partial charge in [0.15, 0.2) is 23.7 Å². The molecule has 2 aromatic rings. The molecule has 0 aliphatic carbocycles. The van der Waals surface area contributed by atoms with Gasteiger partial charge in [0.25, 0.3) is 5.75 Å². The van der Waals surface area contributed by atoms with Crippen molar-refractivity contribution in [3.8, 4) is 17.2 Å². The second-order valence-corrected chi connectivity index (χ2v) is 6.43. The predicted molar refractivity (Wildman–Crippen MR) is 105 cm³/mol. The summed E-state index contributed by atoms with van der Waals surface area (Å²) in [6.45, 7) is 1.59.